The molecule has 1 atom stereocenters. The highest BCUT2D eigenvalue weighted by Gasteiger charge is 2.18. The standard InChI is InChI=1S/C10H17NO2/c1-5-9(8(3)7-11-4)10(12)13-6-2/h7,9H,4-6H2,1-3H3/b8-7+. The number of hydrogen-bond donors (Lipinski definition) is 0. The Bertz CT molecular complexity index is 209. The number of carbonyl (C=O) groups excluding carboxylic acids is 1. The second kappa shape index (κ2) is 6.40. The Balaban J connectivity index is 4.40. The molecule has 0 aliphatic heterocycles. The molecule has 0 saturated carbocycles. The quantitative estimate of drug-likeness (QED) is 0.484. The van der Waals surface area contributed by atoms with E-state index in [2.05, 4.69) is 11.7 Å². The van der Waals surface area contributed by atoms with Crippen LogP contribution in [-0.2, 0) is 9.53 Å². The molecule has 0 radical (unpaired) electrons. The van der Waals surface area contributed by atoms with Gasteiger partial charge in [-0.05, 0) is 32.6 Å². The zero-order valence-corrected chi connectivity index (χ0v) is 8.54. The van der Waals surface area contributed by atoms with Crippen molar-refractivity contribution >= 4 is 12.7 Å². The molecule has 0 amide bonds. The first-order chi connectivity index (χ1) is 6.17. The van der Waals surface area contributed by atoms with E-state index in [9.17, 15) is 4.79 Å². The maximum Gasteiger partial charge on any atom is 0.313 e. The Kier molecular flexibility index (Phi) is 5.85. The highest BCUT2D eigenvalue weighted by molar-refractivity contribution is 5.75. The minimum Gasteiger partial charge on any atom is -0.466 e. The average Bonchev–Trinajstić information content (AvgIpc) is 2.06. The molecular weight excluding hydrogens is 166 g/mol. The molecule has 0 bridgehead atoms. The van der Waals surface area contributed by atoms with E-state index in [1.165, 1.54) is 0 Å². The van der Waals surface area contributed by atoms with Crippen LogP contribution < -0.4 is 0 Å². The normalized spacial score (nSPS) is 13.6. The average molecular weight is 183 g/mol. The molecule has 74 valence electrons. The van der Waals surface area contributed by atoms with Crippen molar-refractivity contribution < 1.29 is 9.53 Å². The molecular formula is C10H17NO2. The maximum absolute atomic E-state index is 11.4. The Labute approximate surface area is 79.5 Å². The number of hydrogen-bond acceptors (Lipinski definition) is 3. The zero-order chi connectivity index (χ0) is 10.3. The molecule has 0 aromatic heterocycles. The summed E-state index contributed by atoms with van der Waals surface area (Å²) < 4.78 is 4.92. The first kappa shape index (κ1) is 11.9. The van der Waals surface area contributed by atoms with E-state index in [4.69, 9.17) is 4.74 Å². The summed E-state index contributed by atoms with van der Waals surface area (Å²) in [7, 11) is 0. The summed E-state index contributed by atoms with van der Waals surface area (Å²) in [5.74, 6) is -0.354. The van der Waals surface area contributed by atoms with Crippen molar-refractivity contribution in [3.05, 3.63) is 11.8 Å². The number of carbonyl (C=O) groups is 1. The summed E-state index contributed by atoms with van der Waals surface area (Å²) in [5, 5.41) is 0. The fourth-order valence-electron chi connectivity index (χ4n) is 1.15. The minimum absolute atomic E-state index is 0.176. The number of ether oxygens (including phenoxy) is 1. The highest BCUT2D eigenvalue weighted by atomic mass is 16.5. The molecule has 0 rings (SSSR count). The van der Waals surface area contributed by atoms with Crippen LogP contribution in [0.2, 0.25) is 0 Å². The van der Waals surface area contributed by atoms with Crippen molar-refractivity contribution in [3.63, 3.8) is 0 Å². The summed E-state index contributed by atoms with van der Waals surface area (Å²) in [6, 6.07) is 0. The second-order valence-corrected chi connectivity index (χ2v) is 2.77. The molecule has 0 fully saturated rings. The van der Waals surface area contributed by atoms with E-state index < -0.39 is 0 Å². The van der Waals surface area contributed by atoms with Gasteiger partial charge >= 0.3 is 5.97 Å². The topological polar surface area (TPSA) is 38.7 Å². The molecule has 3 nitrogen and oxygen atoms in total. The van der Waals surface area contributed by atoms with Gasteiger partial charge in [0.1, 0.15) is 0 Å². The number of nitrogens with zero attached hydrogens (tertiary/aromatic N) is 1. The van der Waals surface area contributed by atoms with Gasteiger partial charge in [-0.25, -0.2) is 0 Å². The van der Waals surface area contributed by atoms with E-state index in [1.54, 1.807) is 13.1 Å². The molecule has 0 saturated heterocycles. The summed E-state index contributed by atoms with van der Waals surface area (Å²) in [6.45, 7) is 9.37. The maximum atomic E-state index is 11.4. The van der Waals surface area contributed by atoms with Crippen LogP contribution in [-0.4, -0.2) is 19.3 Å². The van der Waals surface area contributed by atoms with Crippen molar-refractivity contribution in [2.24, 2.45) is 10.9 Å². The third-order valence-corrected chi connectivity index (χ3v) is 1.82. The van der Waals surface area contributed by atoms with Crippen LogP contribution in [0.15, 0.2) is 16.8 Å². The van der Waals surface area contributed by atoms with E-state index in [0.717, 1.165) is 12.0 Å². The van der Waals surface area contributed by atoms with E-state index in [-0.39, 0.29) is 11.9 Å². The van der Waals surface area contributed by atoms with Crippen LogP contribution in [0.5, 0.6) is 0 Å². The van der Waals surface area contributed by atoms with Gasteiger partial charge in [0, 0.05) is 6.20 Å². The smallest absolute Gasteiger partial charge is 0.313 e. The van der Waals surface area contributed by atoms with E-state index in [0.29, 0.717) is 6.61 Å². The van der Waals surface area contributed by atoms with Crippen molar-refractivity contribution in [1.29, 1.82) is 0 Å². The number of esters is 1. The van der Waals surface area contributed by atoms with E-state index >= 15 is 0 Å². The molecule has 0 aromatic rings. The lowest BCUT2D eigenvalue weighted by Gasteiger charge is -2.12. The van der Waals surface area contributed by atoms with Crippen LogP contribution in [0, 0.1) is 5.92 Å². The lowest BCUT2D eigenvalue weighted by Crippen LogP contribution is -2.18. The third-order valence-electron chi connectivity index (χ3n) is 1.82. The van der Waals surface area contributed by atoms with Crippen molar-refractivity contribution in [2.75, 3.05) is 6.61 Å². The lowest BCUT2D eigenvalue weighted by molar-refractivity contribution is -0.146. The van der Waals surface area contributed by atoms with Crippen LogP contribution in [0.25, 0.3) is 0 Å². The van der Waals surface area contributed by atoms with Crippen molar-refractivity contribution in [2.45, 2.75) is 27.2 Å². The molecule has 0 aromatic carbocycles. The summed E-state index contributed by atoms with van der Waals surface area (Å²) in [4.78, 5) is 15.0. The number of aliphatic imine (C=N–C) groups is 1. The molecule has 0 heterocycles. The SMILES string of the molecule is C=N/C=C(\C)C(CC)C(=O)OCC. The van der Waals surface area contributed by atoms with Gasteiger partial charge in [0.2, 0.25) is 0 Å². The van der Waals surface area contributed by atoms with Crippen LogP contribution in [0.1, 0.15) is 27.2 Å². The van der Waals surface area contributed by atoms with Crippen LogP contribution in [0.3, 0.4) is 0 Å². The van der Waals surface area contributed by atoms with Gasteiger partial charge < -0.3 is 4.74 Å². The first-order valence-electron chi connectivity index (χ1n) is 4.46. The van der Waals surface area contributed by atoms with Crippen molar-refractivity contribution in [1.82, 2.24) is 0 Å². The minimum atomic E-state index is -0.178. The molecule has 1 unspecified atom stereocenters. The molecule has 0 aliphatic carbocycles. The Morgan fingerprint density at radius 1 is 1.62 bits per heavy atom. The van der Waals surface area contributed by atoms with Gasteiger partial charge in [0.05, 0.1) is 12.5 Å². The number of rotatable bonds is 5. The molecule has 3 heteroatoms. The Morgan fingerprint density at radius 3 is 2.62 bits per heavy atom. The van der Waals surface area contributed by atoms with Gasteiger partial charge in [-0.1, -0.05) is 6.92 Å². The molecule has 0 spiro atoms. The zero-order valence-electron chi connectivity index (χ0n) is 8.54. The largest absolute Gasteiger partial charge is 0.466 e. The fourth-order valence-corrected chi connectivity index (χ4v) is 1.15. The second-order valence-electron chi connectivity index (χ2n) is 2.77. The van der Waals surface area contributed by atoms with Gasteiger partial charge in [-0.15, -0.1) is 0 Å². The summed E-state index contributed by atoms with van der Waals surface area (Å²) in [6.07, 6.45) is 2.34. The van der Waals surface area contributed by atoms with Gasteiger partial charge in [0.25, 0.3) is 0 Å². The van der Waals surface area contributed by atoms with Crippen LogP contribution in [0.4, 0.5) is 0 Å². The Morgan fingerprint density at radius 2 is 2.23 bits per heavy atom. The fraction of sp³-hybridized carbons (Fsp3) is 0.600. The van der Waals surface area contributed by atoms with Gasteiger partial charge in [0.15, 0.2) is 0 Å². The van der Waals surface area contributed by atoms with Gasteiger partial charge in [-0.2, -0.15) is 0 Å². The van der Waals surface area contributed by atoms with Crippen LogP contribution >= 0.6 is 0 Å². The predicted octanol–water partition coefficient (Wildman–Crippen LogP) is 2.18. The van der Waals surface area contributed by atoms with Crippen molar-refractivity contribution in [3.8, 4) is 0 Å². The lowest BCUT2D eigenvalue weighted by atomic mass is 9.99. The van der Waals surface area contributed by atoms with E-state index in [1.807, 2.05) is 13.8 Å². The van der Waals surface area contributed by atoms with Gasteiger partial charge in [-0.3, -0.25) is 9.79 Å². The summed E-state index contributed by atoms with van der Waals surface area (Å²) in [5.41, 5.74) is 0.899. The predicted molar refractivity (Wildman–Crippen MR) is 53.7 cm³/mol. The molecule has 13 heavy (non-hydrogen) atoms. The monoisotopic (exact) mass is 183 g/mol. The third kappa shape index (κ3) is 3.87. The summed E-state index contributed by atoms with van der Waals surface area (Å²) >= 11 is 0. The molecule has 0 N–H and O–H groups in total. The first-order valence-corrected chi connectivity index (χ1v) is 4.46. The molecule has 0 aliphatic rings. The Hall–Kier alpha value is -1.12. The highest BCUT2D eigenvalue weighted by Crippen LogP contribution is 2.16.